The zero-order valence-corrected chi connectivity index (χ0v) is 18.2. The van der Waals surface area contributed by atoms with Gasteiger partial charge in [0.05, 0.1) is 22.6 Å². The molecule has 3 rings (SSSR count). The van der Waals surface area contributed by atoms with Crippen LogP contribution in [0.15, 0.2) is 71.6 Å². The van der Waals surface area contributed by atoms with Gasteiger partial charge in [0.15, 0.2) is 0 Å². The van der Waals surface area contributed by atoms with Crippen molar-refractivity contribution in [3.63, 3.8) is 0 Å². The highest BCUT2D eigenvalue weighted by atomic mass is 32.2. The predicted octanol–water partition coefficient (Wildman–Crippen LogP) is 4.22. The average Bonchev–Trinajstić information content (AvgIpc) is 2.79. The van der Waals surface area contributed by atoms with Gasteiger partial charge in [-0.2, -0.15) is 0 Å². The number of nitrogens with one attached hydrogen (secondary N) is 2. The van der Waals surface area contributed by atoms with Gasteiger partial charge in [-0.05, 0) is 48.4 Å². The smallest absolute Gasteiger partial charge is 0.271 e. The van der Waals surface area contributed by atoms with Crippen molar-refractivity contribution in [2.75, 3.05) is 17.1 Å². The van der Waals surface area contributed by atoms with Crippen LogP contribution >= 0.6 is 0 Å². The predicted molar refractivity (Wildman–Crippen MR) is 121 cm³/mol. The lowest BCUT2D eigenvalue weighted by Gasteiger charge is -2.12. The summed E-state index contributed by atoms with van der Waals surface area (Å²) in [5.41, 5.74) is 1.45. The summed E-state index contributed by atoms with van der Waals surface area (Å²) in [4.78, 5) is 22.8. The molecule has 0 saturated carbocycles. The summed E-state index contributed by atoms with van der Waals surface area (Å²) < 4.78 is 33.2. The lowest BCUT2D eigenvalue weighted by molar-refractivity contribution is -0.384. The quantitative estimate of drug-likeness (QED) is 0.387. The lowest BCUT2D eigenvalue weighted by Crippen LogP contribution is -2.16. The number of methoxy groups -OCH3 is 1. The summed E-state index contributed by atoms with van der Waals surface area (Å²) in [6.07, 6.45) is 0.872. The number of nitro groups is 1. The van der Waals surface area contributed by atoms with Crippen LogP contribution in [0.3, 0.4) is 0 Å². The van der Waals surface area contributed by atoms with Crippen molar-refractivity contribution in [1.82, 2.24) is 0 Å². The van der Waals surface area contributed by atoms with Gasteiger partial charge in [0.25, 0.3) is 21.6 Å². The maximum Gasteiger partial charge on any atom is 0.271 e. The Morgan fingerprint density at radius 3 is 2.41 bits per heavy atom. The van der Waals surface area contributed by atoms with Gasteiger partial charge in [-0.15, -0.1) is 0 Å². The second-order valence-electron chi connectivity index (χ2n) is 6.78. The van der Waals surface area contributed by atoms with E-state index in [4.69, 9.17) is 4.74 Å². The number of sulfonamides is 1. The van der Waals surface area contributed by atoms with Crippen molar-refractivity contribution in [1.29, 1.82) is 0 Å². The van der Waals surface area contributed by atoms with Gasteiger partial charge < -0.3 is 10.1 Å². The molecule has 0 aliphatic rings. The van der Waals surface area contributed by atoms with E-state index < -0.39 is 20.9 Å². The third-order valence-electron chi connectivity index (χ3n) is 4.66. The van der Waals surface area contributed by atoms with Crippen molar-refractivity contribution < 1.29 is 22.9 Å². The first-order valence-electron chi connectivity index (χ1n) is 9.59. The molecule has 0 spiro atoms. The standard InChI is InChI=1S/C22H21N3O6S/c1-3-15-7-9-17(10-8-15)23-22(26)16-5-4-6-19(13-16)32(29,30)24-20-14-18(25(27)28)11-12-21(20)31-2/h4-14,24H,3H2,1-2H3,(H,23,26). The van der Waals surface area contributed by atoms with Gasteiger partial charge in [-0.1, -0.05) is 25.1 Å². The third-order valence-corrected chi connectivity index (χ3v) is 6.03. The Morgan fingerprint density at radius 1 is 1.06 bits per heavy atom. The zero-order valence-electron chi connectivity index (χ0n) is 17.4. The van der Waals surface area contributed by atoms with E-state index in [2.05, 4.69) is 10.0 Å². The summed E-state index contributed by atoms with van der Waals surface area (Å²) in [5, 5.41) is 13.8. The lowest BCUT2D eigenvalue weighted by atomic mass is 10.1. The van der Waals surface area contributed by atoms with Gasteiger partial charge in [0, 0.05) is 23.4 Å². The maximum absolute atomic E-state index is 12.9. The number of nitro benzene ring substituents is 1. The molecular formula is C22H21N3O6S. The van der Waals surface area contributed by atoms with Crippen molar-refractivity contribution in [2.24, 2.45) is 0 Å². The van der Waals surface area contributed by atoms with Crippen LogP contribution in [0.4, 0.5) is 17.1 Å². The number of hydrogen-bond donors (Lipinski definition) is 2. The molecule has 0 heterocycles. The molecule has 0 unspecified atom stereocenters. The number of hydrogen-bond acceptors (Lipinski definition) is 6. The number of carbonyl (C=O) groups is 1. The normalized spacial score (nSPS) is 10.9. The Morgan fingerprint density at radius 2 is 1.78 bits per heavy atom. The van der Waals surface area contributed by atoms with Crippen LogP contribution in [0.25, 0.3) is 0 Å². The van der Waals surface area contributed by atoms with E-state index in [9.17, 15) is 23.3 Å². The van der Waals surface area contributed by atoms with E-state index in [-0.39, 0.29) is 27.6 Å². The fourth-order valence-electron chi connectivity index (χ4n) is 2.92. The first-order valence-corrected chi connectivity index (χ1v) is 11.1. The van der Waals surface area contributed by atoms with Crippen LogP contribution in [-0.4, -0.2) is 26.4 Å². The van der Waals surface area contributed by atoms with Crippen molar-refractivity contribution in [3.05, 3.63) is 88.0 Å². The molecule has 0 radical (unpaired) electrons. The highest BCUT2D eigenvalue weighted by Gasteiger charge is 2.20. The molecule has 0 atom stereocenters. The molecule has 32 heavy (non-hydrogen) atoms. The van der Waals surface area contributed by atoms with E-state index in [1.807, 2.05) is 19.1 Å². The number of benzene rings is 3. The van der Waals surface area contributed by atoms with E-state index in [0.717, 1.165) is 18.1 Å². The van der Waals surface area contributed by atoms with Gasteiger partial charge in [0.2, 0.25) is 0 Å². The molecule has 0 aromatic heterocycles. The molecule has 1 amide bonds. The van der Waals surface area contributed by atoms with E-state index in [1.165, 1.54) is 43.5 Å². The Hall–Kier alpha value is -3.92. The molecule has 2 N–H and O–H groups in total. The Balaban J connectivity index is 1.85. The van der Waals surface area contributed by atoms with Gasteiger partial charge in [0.1, 0.15) is 5.75 Å². The number of nitrogens with zero attached hydrogens (tertiary/aromatic N) is 1. The minimum Gasteiger partial charge on any atom is -0.495 e. The van der Waals surface area contributed by atoms with Crippen molar-refractivity contribution >= 4 is 33.0 Å². The zero-order chi connectivity index (χ0) is 23.3. The molecule has 10 heteroatoms. The Labute approximate surface area is 185 Å². The van der Waals surface area contributed by atoms with E-state index in [0.29, 0.717) is 5.69 Å². The second-order valence-corrected chi connectivity index (χ2v) is 8.46. The summed E-state index contributed by atoms with van der Waals surface area (Å²) in [5.74, 6) is -0.358. The topological polar surface area (TPSA) is 128 Å². The third kappa shape index (κ3) is 5.22. The van der Waals surface area contributed by atoms with Crippen LogP contribution in [0.1, 0.15) is 22.8 Å². The highest BCUT2D eigenvalue weighted by Crippen LogP contribution is 2.31. The van der Waals surface area contributed by atoms with Crippen molar-refractivity contribution in [3.8, 4) is 5.75 Å². The maximum atomic E-state index is 12.9. The molecule has 3 aromatic rings. The molecule has 0 aliphatic heterocycles. The molecule has 0 bridgehead atoms. The molecular weight excluding hydrogens is 434 g/mol. The number of anilines is 2. The molecule has 166 valence electrons. The summed E-state index contributed by atoms with van der Waals surface area (Å²) >= 11 is 0. The molecule has 0 saturated heterocycles. The Kier molecular flexibility index (Phi) is 6.74. The first kappa shape index (κ1) is 22.8. The first-order chi connectivity index (χ1) is 15.2. The minimum absolute atomic E-state index is 0.0902. The number of carbonyl (C=O) groups excluding carboxylic acids is 1. The summed E-state index contributed by atoms with van der Waals surface area (Å²) in [6, 6.07) is 16.4. The van der Waals surface area contributed by atoms with Crippen molar-refractivity contribution in [2.45, 2.75) is 18.2 Å². The number of ether oxygens (including phenoxy) is 1. The van der Waals surface area contributed by atoms with E-state index in [1.54, 1.807) is 12.1 Å². The van der Waals surface area contributed by atoms with Gasteiger partial charge in [-0.25, -0.2) is 8.42 Å². The van der Waals surface area contributed by atoms with Crippen LogP contribution in [0, 0.1) is 10.1 Å². The SMILES string of the molecule is CCc1ccc(NC(=O)c2cccc(S(=O)(=O)Nc3cc([N+](=O)[O-])ccc3OC)c2)cc1. The Bertz CT molecular complexity index is 1260. The summed E-state index contributed by atoms with van der Waals surface area (Å²) in [6.45, 7) is 2.02. The van der Waals surface area contributed by atoms with Gasteiger partial charge >= 0.3 is 0 Å². The van der Waals surface area contributed by atoms with Crippen LogP contribution in [0.5, 0.6) is 5.75 Å². The molecule has 0 fully saturated rings. The fraction of sp³-hybridized carbons (Fsp3) is 0.136. The van der Waals surface area contributed by atoms with Gasteiger partial charge in [-0.3, -0.25) is 19.6 Å². The largest absolute Gasteiger partial charge is 0.495 e. The molecule has 9 nitrogen and oxygen atoms in total. The highest BCUT2D eigenvalue weighted by molar-refractivity contribution is 7.92. The van der Waals surface area contributed by atoms with Crippen LogP contribution < -0.4 is 14.8 Å². The minimum atomic E-state index is -4.16. The average molecular weight is 455 g/mol. The number of amides is 1. The molecule has 3 aromatic carbocycles. The monoisotopic (exact) mass is 455 g/mol. The number of non-ortho nitro benzene ring substituents is 1. The van der Waals surface area contributed by atoms with Crippen LogP contribution in [0.2, 0.25) is 0 Å². The fourth-order valence-corrected chi connectivity index (χ4v) is 4.03. The van der Waals surface area contributed by atoms with Crippen LogP contribution in [-0.2, 0) is 16.4 Å². The number of rotatable bonds is 8. The van der Waals surface area contributed by atoms with E-state index >= 15 is 0 Å². The number of aryl methyl sites for hydroxylation is 1. The summed E-state index contributed by atoms with van der Waals surface area (Å²) in [7, 11) is -2.84. The molecule has 0 aliphatic carbocycles. The second kappa shape index (κ2) is 9.48.